The number of esters is 1. The lowest BCUT2D eigenvalue weighted by molar-refractivity contribution is -0.394. The second-order valence-corrected chi connectivity index (χ2v) is 22.4. The van der Waals surface area contributed by atoms with Gasteiger partial charge in [0, 0.05) is 12.5 Å². The number of nitrogens with zero attached hydrogens (tertiary/aromatic N) is 1. The number of benzene rings is 5. The van der Waals surface area contributed by atoms with Crippen LogP contribution in [-0.2, 0) is 89.9 Å². The highest BCUT2D eigenvalue weighted by Gasteiger charge is 2.70. The third kappa shape index (κ3) is 15.3. The minimum absolute atomic E-state index is 0.00531. The van der Waals surface area contributed by atoms with Gasteiger partial charge in [-0.15, -0.1) is 0 Å². The first-order valence-corrected chi connectivity index (χ1v) is 29.2. The normalized spacial score (nSPS) is 30.2. The van der Waals surface area contributed by atoms with Crippen LogP contribution in [0.25, 0.3) is 0 Å². The molecule has 0 aromatic heterocycles. The second-order valence-electron chi connectivity index (χ2n) is 22.4. The number of fused-ring (bicyclic) bond motifs is 1. The maximum absolute atomic E-state index is 14.3. The molecule has 2 aliphatic carbocycles. The van der Waals surface area contributed by atoms with E-state index in [0.29, 0.717) is 6.42 Å². The molecule has 444 valence electrons. The summed E-state index contributed by atoms with van der Waals surface area (Å²) in [5, 5.41) is 37.8. The molecule has 83 heavy (non-hydrogen) atoms. The topological polar surface area (TPSA) is 200 Å². The highest BCUT2D eigenvalue weighted by Crippen LogP contribution is 2.51. The first kappa shape index (κ1) is 60.2. The average molecular weight is 1140 g/mol. The molecule has 5 aromatic carbocycles. The highest BCUT2D eigenvalue weighted by atomic mass is 16.8. The predicted molar refractivity (Wildman–Crippen MR) is 304 cm³/mol. The number of carbonyl (C=O) groups is 2. The Hall–Kier alpha value is -5.90. The van der Waals surface area contributed by atoms with Crippen molar-refractivity contribution in [1.29, 1.82) is 0 Å². The van der Waals surface area contributed by atoms with Gasteiger partial charge in [-0.2, -0.15) is 0 Å². The molecule has 10 rings (SSSR count). The molecule has 3 aliphatic heterocycles. The van der Waals surface area contributed by atoms with Crippen molar-refractivity contribution >= 4 is 12.1 Å². The van der Waals surface area contributed by atoms with Crippen LogP contribution in [-0.4, -0.2) is 144 Å². The Labute approximate surface area is 486 Å². The van der Waals surface area contributed by atoms with Crippen molar-refractivity contribution in [2.24, 2.45) is 11.8 Å². The lowest BCUT2D eigenvalue weighted by Gasteiger charge is -2.56. The molecule has 5 fully saturated rings. The Morgan fingerprint density at radius 1 is 0.627 bits per heavy atom. The van der Waals surface area contributed by atoms with E-state index in [0.717, 1.165) is 59.9 Å². The van der Waals surface area contributed by atoms with Crippen LogP contribution in [0.4, 0.5) is 4.79 Å². The van der Waals surface area contributed by atoms with Gasteiger partial charge in [0.15, 0.2) is 18.7 Å². The van der Waals surface area contributed by atoms with E-state index < -0.39 is 103 Å². The predicted octanol–water partition coefficient (Wildman–Crippen LogP) is 8.39. The van der Waals surface area contributed by atoms with E-state index in [4.69, 9.17) is 52.1 Å². The van der Waals surface area contributed by atoms with E-state index >= 15 is 0 Å². The minimum atomic E-state index is -1.80. The van der Waals surface area contributed by atoms with Gasteiger partial charge in [-0.1, -0.05) is 196 Å². The number of aliphatic hydroxyl groups excluding tert-OH is 2. The monoisotopic (exact) mass is 1140 g/mol. The van der Waals surface area contributed by atoms with Gasteiger partial charge in [0.2, 0.25) is 0 Å². The second kappa shape index (κ2) is 29.3. The molecule has 15 atom stereocenters. The maximum Gasteiger partial charge on any atom is 0.410 e. The molecule has 14 unspecified atom stereocenters. The van der Waals surface area contributed by atoms with E-state index in [1.807, 2.05) is 159 Å². The van der Waals surface area contributed by atoms with Crippen LogP contribution in [0.3, 0.4) is 0 Å². The summed E-state index contributed by atoms with van der Waals surface area (Å²) in [7, 11) is 0. The number of hydrogen-bond acceptors (Lipinski definition) is 16. The van der Waals surface area contributed by atoms with Crippen molar-refractivity contribution in [3.8, 4) is 0 Å². The first-order chi connectivity index (χ1) is 40.5. The number of hydrogen-bond donors (Lipinski definition) is 3. The van der Waals surface area contributed by atoms with Crippen molar-refractivity contribution in [3.63, 3.8) is 0 Å². The van der Waals surface area contributed by atoms with Gasteiger partial charge in [0.05, 0.1) is 51.8 Å². The van der Waals surface area contributed by atoms with Gasteiger partial charge < -0.3 is 72.3 Å². The van der Waals surface area contributed by atoms with Gasteiger partial charge in [0.1, 0.15) is 67.6 Å². The zero-order valence-electron chi connectivity index (χ0n) is 47.1. The van der Waals surface area contributed by atoms with Gasteiger partial charge >= 0.3 is 12.1 Å². The molecule has 2 saturated carbocycles. The largest absolute Gasteiger partial charge is 0.459 e. The molecule has 5 aliphatic rings. The molecule has 17 nitrogen and oxygen atoms in total. The summed E-state index contributed by atoms with van der Waals surface area (Å²) in [6, 6.07) is 48.1. The van der Waals surface area contributed by atoms with Gasteiger partial charge in [0.25, 0.3) is 0 Å². The van der Waals surface area contributed by atoms with Crippen molar-refractivity contribution in [3.05, 3.63) is 192 Å². The van der Waals surface area contributed by atoms with Crippen molar-refractivity contribution in [2.75, 3.05) is 26.3 Å². The van der Waals surface area contributed by atoms with Crippen LogP contribution >= 0.6 is 0 Å². The van der Waals surface area contributed by atoms with Crippen LogP contribution < -0.4 is 0 Å². The van der Waals surface area contributed by atoms with Crippen LogP contribution in [0.1, 0.15) is 73.3 Å². The summed E-state index contributed by atoms with van der Waals surface area (Å²) >= 11 is 0. The molecule has 5 aromatic rings. The first-order valence-electron chi connectivity index (χ1n) is 29.2. The third-order valence-corrected chi connectivity index (χ3v) is 16.5. The number of rotatable bonds is 26. The minimum Gasteiger partial charge on any atom is -0.459 e. The number of likely N-dealkylation sites (tertiary alicyclic amines) is 1. The molecule has 3 saturated heterocycles. The molecule has 3 heterocycles. The zero-order chi connectivity index (χ0) is 57.5. The van der Waals surface area contributed by atoms with E-state index in [2.05, 4.69) is 6.58 Å². The van der Waals surface area contributed by atoms with Gasteiger partial charge in [-0.05, 0) is 47.1 Å². The van der Waals surface area contributed by atoms with E-state index in [9.17, 15) is 24.9 Å². The van der Waals surface area contributed by atoms with Crippen molar-refractivity contribution in [2.45, 2.75) is 164 Å². The fourth-order valence-corrected chi connectivity index (χ4v) is 12.1. The summed E-state index contributed by atoms with van der Waals surface area (Å²) in [5.41, 5.74) is 2.61. The van der Waals surface area contributed by atoms with Gasteiger partial charge in [-0.25, -0.2) is 9.59 Å². The molecular weight excluding hydrogens is 1060 g/mol. The number of ether oxygens (including phenoxy) is 11. The molecular formula is C66H79NO16. The number of amides is 1. The summed E-state index contributed by atoms with van der Waals surface area (Å²) < 4.78 is 72.1. The summed E-state index contributed by atoms with van der Waals surface area (Å²) in [5.74, 6) is -1.30. The Morgan fingerprint density at radius 2 is 1.16 bits per heavy atom. The quantitative estimate of drug-likeness (QED) is 0.0352. The summed E-state index contributed by atoms with van der Waals surface area (Å²) in [6.45, 7) is 5.85. The maximum atomic E-state index is 14.3. The molecule has 0 bridgehead atoms. The molecule has 0 radical (unpaired) electrons. The molecule has 17 heteroatoms. The zero-order valence-corrected chi connectivity index (χ0v) is 47.1. The van der Waals surface area contributed by atoms with Gasteiger partial charge in [-0.3, -0.25) is 0 Å². The number of β-amino-alcohol motifs (C(OH)–C–C–N with tert-alkyl or cyclic N) is 1. The molecule has 0 spiro atoms. The lowest BCUT2D eigenvalue weighted by atomic mass is 9.66. The van der Waals surface area contributed by atoms with Crippen LogP contribution in [0.15, 0.2) is 164 Å². The van der Waals surface area contributed by atoms with Crippen molar-refractivity contribution < 1.29 is 77.0 Å². The lowest BCUT2D eigenvalue weighted by Crippen LogP contribution is -2.74. The number of carbonyl (C=O) groups excluding carboxylic acids is 2. The van der Waals surface area contributed by atoms with E-state index in [-0.39, 0.29) is 65.3 Å². The Kier molecular flexibility index (Phi) is 21.2. The van der Waals surface area contributed by atoms with E-state index in [1.54, 1.807) is 0 Å². The standard InChI is InChI=1S/C66H79NO16/c1-3-34-74-65(71)67-36-51-57(82-64-60(77-40-49-30-18-8-19-31-49)59(76-39-48-28-16-7-17-29-48)56(44(2)79-64)75-38-47-26-14-6-15-27-47)61(66(51,72)43-67)83-63-55(69)58(54(68)53(81-63)42-73-37-46-24-12-5-13-25-46)80-52(35-45-22-10-4-11-23-45)62(70)78-41-50-32-20-9-21-33-50/h3,5-9,12-21,24-33,44-45,51-61,63-64,68-69,72H,1,4,10-11,22-23,34-43H2,2H3/t44?,51?,52-,53?,54?,55?,56?,57?,58?,59?,60?,61?,63?,64?,66?/m0/s1. The Morgan fingerprint density at radius 3 is 1.72 bits per heavy atom. The molecule has 1 amide bonds. The van der Waals surface area contributed by atoms with E-state index in [1.165, 1.54) is 11.0 Å². The molecule has 3 N–H and O–H groups in total. The fourth-order valence-electron chi connectivity index (χ4n) is 12.1. The highest BCUT2D eigenvalue weighted by molar-refractivity contribution is 5.74. The smallest absolute Gasteiger partial charge is 0.410 e. The Balaban J connectivity index is 0.962. The third-order valence-electron chi connectivity index (χ3n) is 16.5. The SMILES string of the molecule is C=CCOC(=O)N1CC2C(OC3OC(C)C(OCc4ccccc4)C(OCc4ccccc4)C3OCc3ccccc3)C(OC3OC(COCc4ccccc4)C(O)C(O[C@@H](CC4CCCCC4)C(=O)OCc4ccccc4)C3O)C2(O)C1. The van der Waals surface area contributed by atoms with Crippen LogP contribution in [0.5, 0.6) is 0 Å². The summed E-state index contributed by atoms with van der Waals surface area (Å²) in [4.78, 5) is 29.3. The Bertz CT molecular complexity index is 2760. The van der Waals surface area contributed by atoms with Crippen LogP contribution in [0, 0.1) is 11.8 Å². The summed E-state index contributed by atoms with van der Waals surface area (Å²) in [6.07, 6.45) is -9.47. The van der Waals surface area contributed by atoms with Crippen LogP contribution in [0.2, 0.25) is 0 Å². The average Bonchev–Trinajstić information content (AvgIpc) is 2.42. The number of aliphatic hydroxyl groups is 3. The van der Waals surface area contributed by atoms with Crippen molar-refractivity contribution in [1.82, 2.24) is 4.90 Å². The fraction of sp³-hybridized carbons (Fsp3) is 0.485.